The predicted octanol–water partition coefficient (Wildman–Crippen LogP) is 0.812. The molecule has 1 unspecified atom stereocenters. The van der Waals surface area contributed by atoms with Gasteiger partial charge in [0.25, 0.3) is 0 Å². The first-order chi connectivity index (χ1) is 7.34. The van der Waals surface area contributed by atoms with Gasteiger partial charge in [-0.1, -0.05) is 0 Å². The van der Waals surface area contributed by atoms with E-state index in [-0.39, 0.29) is 0 Å². The van der Waals surface area contributed by atoms with Crippen molar-refractivity contribution in [3.05, 3.63) is 0 Å². The summed E-state index contributed by atoms with van der Waals surface area (Å²) < 4.78 is 0. The van der Waals surface area contributed by atoms with Crippen LogP contribution in [0.4, 0.5) is 0 Å². The number of nitrogens with one attached hydrogen (secondary N) is 2. The lowest BCUT2D eigenvalue weighted by molar-refractivity contribution is 0.270. The number of rotatable bonds is 4. The molecule has 0 amide bonds. The van der Waals surface area contributed by atoms with Gasteiger partial charge >= 0.3 is 0 Å². The summed E-state index contributed by atoms with van der Waals surface area (Å²) in [5.41, 5.74) is 0. The molecule has 0 spiro atoms. The van der Waals surface area contributed by atoms with E-state index in [1.54, 1.807) is 0 Å². The molecule has 3 heteroatoms. The van der Waals surface area contributed by atoms with Crippen LogP contribution in [0.1, 0.15) is 32.6 Å². The highest BCUT2D eigenvalue weighted by atomic mass is 15.2. The molecular formula is C12H25N3. The molecule has 2 heterocycles. The second-order valence-corrected chi connectivity index (χ2v) is 5.10. The minimum absolute atomic E-state index is 0.659. The fourth-order valence-corrected chi connectivity index (χ4v) is 2.80. The van der Waals surface area contributed by atoms with Crippen molar-refractivity contribution in [2.45, 2.75) is 44.7 Å². The van der Waals surface area contributed by atoms with E-state index in [2.05, 4.69) is 22.5 Å². The second-order valence-electron chi connectivity index (χ2n) is 5.10. The summed E-state index contributed by atoms with van der Waals surface area (Å²) in [5, 5.41) is 7.17. The molecule has 2 rings (SSSR count). The van der Waals surface area contributed by atoms with E-state index in [9.17, 15) is 0 Å². The summed E-state index contributed by atoms with van der Waals surface area (Å²) in [6, 6.07) is 1.41. The average molecular weight is 211 g/mol. The largest absolute Gasteiger partial charge is 0.317 e. The maximum absolute atomic E-state index is 3.76. The van der Waals surface area contributed by atoms with Crippen LogP contribution in [0, 0.1) is 0 Å². The van der Waals surface area contributed by atoms with Crippen LogP contribution < -0.4 is 10.6 Å². The first kappa shape index (κ1) is 11.4. The van der Waals surface area contributed by atoms with E-state index in [1.807, 2.05) is 0 Å². The third-order valence-electron chi connectivity index (χ3n) is 3.59. The Morgan fingerprint density at radius 1 is 1.27 bits per heavy atom. The van der Waals surface area contributed by atoms with Gasteiger partial charge in [-0.2, -0.15) is 0 Å². The maximum atomic E-state index is 3.76. The molecule has 0 aliphatic carbocycles. The van der Waals surface area contributed by atoms with Crippen molar-refractivity contribution < 1.29 is 0 Å². The first-order valence-electron chi connectivity index (χ1n) is 6.54. The van der Waals surface area contributed by atoms with Crippen LogP contribution in [0.3, 0.4) is 0 Å². The standard InChI is InChI=1S/C12H25N3/c1-11(10-15-8-2-3-9-15)14-12-4-6-13-7-5-12/h11-14H,2-10H2,1H3. The molecule has 0 aromatic carbocycles. The van der Waals surface area contributed by atoms with Crippen molar-refractivity contribution in [1.82, 2.24) is 15.5 Å². The van der Waals surface area contributed by atoms with Crippen LogP contribution in [0.25, 0.3) is 0 Å². The lowest BCUT2D eigenvalue weighted by atomic mass is 10.1. The molecule has 2 aliphatic heterocycles. The van der Waals surface area contributed by atoms with Crippen molar-refractivity contribution in [3.63, 3.8) is 0 Å². The van der Waals surface area contributed by atoms with E-state index < -0.39 is 0 Å². The Hall–Kier alpha value is -0.120. The van der Waals surface area contributed by atoms with Gasteiger partial charge in [0.15, 0.2) is 0 Å². The van der Waals surface area contributed by atoms with Gasteiger partial charge in [0.2, 0.25) is 0 Å². The van der Waals surface area contributed by atoms with E-state index in [0.29, 0.717) is 6.04 Å². The third kappa shape index (κ3) is 3.74. The Kier molecular flexibility index (Phi) is 4.42. The molecule has 0 bridgehead atoms. The van der Waals surface area contributed by atoms with Gasteiger partial charge in [0, 0.05) is 18.6 Å². The van der Waals surface area contributed by atoms with Crippen LogP contribution in [0.2, 0.25) is 0 Å². The van der Waals surface area contributed by atoms with Gasteiger partial charge in [-0.15, -0.1) is 0 Å². The van der Waals surface area contributed by atoms with Gasteiger partial charge in [0.05, 0.1) is 0 Å². The lowest BCUT2D eigenvalue weighted by Gasteiger charge is -2.29. The van der Waals surface area contributed by atoms with Gasteiger partial charge in [-0.25, -0.2) is 0 Å². The molecule has 0 radical (unpaired) electrons. The zero-order valence-corrected chi connectivity index (χ0v) is 9.97. The average Bonchev–Trinajstić information content (AvgIpc) is 2.71. The van der Waals surface area contributed by atoms with E-state index in [1.165, 1.54) is 58.4 Å². The van der Waals surface area contributed by atoms with Crippen LogP contribution in [-0.2, 0) is 0 Å². The summed E-state index contributed by atoms with van der Waals surface area (Å²) in [6.45, 7) is 8.59. The summed E-state index contributed by atoms with van der Waals surface area (Å²) in [6.07, 6.45) is 5.40. The highest BCUT2D eigenvalue weighted by Gasteiger charge is 2.18. The third-order valence-corrected chi connectivity index (χ3v) is 3.59. The molecule has 0 saturated carbocycles. The quantitative estimate of drug-likeness (QED) is 0.721. The molecule has 2 N–H and O–H groups in total. The van der Waals surface area contributed by atoms with Gasteiger partial charge in [-0.05, 0) is 58.8 Å². The van der Waals surface area contributed by atoms with Crippen LogP contribution in [-0.4, -0.2) is 49.7 Å². The summed E-state index contributed by atoms with van der Waals surface area (Å²) in [5.74, 6) is 0. The number of nitrogens with zero attached hydrogens (tertiary/aromatic N) is 1. The first-order valence-corrected chi connectivity index (χ1v) is 6.54. The monoisotopic (exact) mass is 211 g/mol. The van der Waals surface area contributed by atoms with Crippen molar-refractivity contribution in [2.24, 2.45) is 0 Å². The predicted molar refractivity (Wildman–Crippen MR) is 64.2 cm³/mol. The smallest absolute Gasteiger partial charge is 0.0169 e. The number of piperidine rings is 1. The number of hydrogen-bond donors (Lipinski definition) is 2. The van der Waals surface area contributed by atoms with Gasteiger partial charge < -0.3 is 15.5 Å². The van der Waals surface area contributed by atoms with E-state index in [0.717, 1.165) is 6.04 Å². The summed E-state index contributed by atoms with van der Waals surface area (Å²) >= 11 is 0. The second kappa shape index (κ2) is 5.83. The topological polar surface area (TPSA) is 27.3 Å². The van der Waals surface area contributed by atoms with Crippen molar-refractivity contribution in [3.8, 4) is 0 Å². The molecular weight excluding hydrogens is 186 g/mol. The maximum Gasteiger partial charge on any atom is 0.0169 e. The Morgan fingerprint density at radius 2 is 1.93 bits per heavy atom. The highest BCUT2D eigenvalue weighted by Crippen LogP contribution is 2.09. The molecule has 0 aromatic rings. The fourth-order valence-electron chi connectivity index (χ4n) is 2.80. The molecule has 2 aliphatic rings. The van der Waals surface area contributed by atoms with Crippen LogP contribution >= 0.6 is 0 Å². The number of likely N-dealkylation sites (tertiary alicyclic amines) is 1. The molecule has 88 valence electrons. The zero-order valence-electron chi connectivity index (χ0n) is 9.97. The Balaban J connectivity index is 1.64. The highest BCUT2D eigenvalue weighted by molar-refractivity contribution is 4.79. The molecule has 2 saturated heterocycles. The minimum Gasteiger partial charge on any atom is -0.317 e. The van der Waals surface area contributed by atoms with Crippen LogP contribution in [0.15, 0.2) is 0 Å². The lowest BCUT2D eigenvalue weighted by Crippen LogP contribution is -2.47. The Labute approximate surface area is 93.6 Å². The van der Waals surface area contributed by atoms with Gasteiger partial charge in [0.1, 0.15) is 0 Å². The van der Waals surface area contributed by atoms with E-state index in [4.69, 9.17) is 0 Å². The van der Waals surface area contributed by atoms with Crippen LogP contribution in [0.5, 0.6) is 0 Å². The van der Waals surface area contributed by atoms with Gasteiger partial charge in [-0.3, -0.25) is 0 Å². The normalized spacial score (nSPS) is 27.0. The Bertz CT molecular complexity index is 172. The van der Waals surface area contributed by atoms with Crippen molar-refractivity contribution >= 4 is 0 Å². The van der Waals surface area contributed by atoms with E-state index >= 15 is 0 Å². The molecule has 15 heavy (non-hydrogen) atoms. The number of hydrogen-bond acceptors (Lipinski definition) is 3. The molecule has 3 nitrogen and oxygen atoms in total. The SMILES string of the molecule is CC(CN1CCCC1)NC1CCNCC1. The van der Waals surface area contributed by atoms with Crippen molar-refractivity contribution in [2.75, 3.05) is 32.7 Å². The molecule has 0 aromatic heterocycles. The fraction of sp³-hybridized carbons (Fsp3) is 1.00. The zero-order chi connectivity index (χ0) is 10.5. The summed E-state index contributed by atoms with van der Waals surface area (Å²) in [7, 11) is 0. The summed E-state index contributed by atoms with van der Waals surface area (Å²) in [4.78, 5) is 2.60. The molecule has 1 atom stereocenters. The minimum atomic E-state index is 0.659. The van der Waals surface area contributed by atoms with Crippen molar-refractivity contribution in [1.29, 1.82) is 0 Å². The molecule has 2 fully saturated rings. The Morgan fingerprint density at radius 3 is 2.60 bits per heavy atom.